The van der Waals surface area contributed by atoms with E-state index >= 15 is 0 Å². The van der Waals surface area contributed by atoms with Crippen molar-refractivity contribution < 1.29 is 23.9 Å². The van der Waals surface area contributed by atoms with Gasteiger partial charge in [0.25, 0.3) is 17.7 Å². The van der Waals surface area contributed by atoms with E-state index in [4.69, 9.17) is 4.74 Å². The summed E-state index contributed by atoms with van der Waals surface area (Å²) in [6, 6.07) is 5.95. The van der Waals surface area contributed by atoms with E-state index in [1.807, 2.05) is 13.8 Å². The third-order valence-electron chi connectivity index (χ3n) is 6.16. The number of hydrogen-bond acceptors (Lipinski definition) is 6. The fourth-order valence-corrected chi connectivity index (χ4v) is 4.39. The quantitative estimate of drug-likeness (QED) is 0.530. The van der Waals surface area contributed by atoms with Crippen molar-refractivity contribution in [3.05, 3.63) is 47.2 Å². The van der Waals surface area contributed by atoms with Gasteiger partial charge in [0, 0.05) is 18.2 Å². The first-order chi connectivity index (χ1) is 15.8. The molecule has 1 unspecified atom stereocenters. The predicted molar refractivity (Wildman–Crippen MR) is 120 cm³/mol. The van der Waals surface area contributed by atoms with Crippen LogP contribution in [0.1, 0.15) is 90.0 Å². The van der Waals surface area contributed by atoms with Crippen LogP contribution in [0.4, 0.5) is 5.82 Å². The van der Waals surface area contributed by atoms with E-state index in [2.05, 4.69) is 10.4 Å². The molecule has 1 aliphatic carbocycles. The summed E-state index contributed by atoms with van der Waals surface area (Å²) < 4.78 is 6.97. The van der Waals surface area contributed by atoms with Crippen LogP contribution in [0.5, 0.6) is 0 Å². The zero-order valence-electron chi connectivity index (χ0n) is 19.0. The molecule has 2 aromatic rings. The Hall–Kier alpha value is -3.49. The van der Waals surface area contributed by atoms with Crippen molar-refractivity contribution in [2.45, 2.75) is 71.1 Å². The highest BCUT2D eigenvalue weighted by molar-refractivity contribution is 6.22. The molecule has 9 nitrogen and oxygen atoms in total. The van der Waals surface area contributed by atoms with Crippen LogP contribution in [0.25, 0.3) is 0 Å². The Morgan fingerprint density at radius 3 is 2.42 bits per heavy atom. The van der Waals surface area contributed by atoms with Crippen molar-refractivity contribution in [1.29, 1.82) is 0 Å². The summed E-state index contributed by atoms with van der Waals surface area (Å²) in [4.78, 5) is 52.3. The minimum Gasteiger partial charge on any atom is -0.449 e. The number of amides is 3. The lowest BCUT2D eigenvalue weighted by Crippen LogP contribution is -2.40. The van der Waals surface area contributed by atoms with Gasteiger partial charge in [0.2, 0.25) is 0 Å². The van der Waals surface area contributed by atoms with Crippen molar-refractivity contribution in [1.82, 2.24) is 14.7 Å². The highest BCUT2D eigenvalue weighted by Gasteiger charge is 2.40. The number of anilines is 1. The summed E-state index contributed by atoms with van der Waals surface area (Å²) >= 11 is 0. The maximum Gasteiger partial charge on any atom is 0.338 e. The first-order valence-electron chi connectivity index (χ1n) is 11.3. The van der Waals surface area contributed by atoms with Gasteiger partial charge in [-0.3, -0.25) is 19.3 Å². The van der Waals surface area contributed by atoms with Crippen LogP contribution in [0, 0.1) is 0 Å². The molecule has 1 aromatic carbocycles. The number of rotatable bonds is 6. The fraction of sp³-hybridized carbons (Fsp3) is 0.458. The number of nitrogens with zero attached hydrogens (tertiary/aromatic N) is 3. The van der Waals surface area contributed by atoms with Gasteiger partial charge in [-0.25, -0.2) is 9.48 Å². The van der Waals surface area contributed by atoms with E-state index in [0.717, 1.165) is 32.1 Å². The Kier molecular flexibility index (Phi) is 6.31. The largest absolute Gasteiger partial charge is 0.449 e. The lowest BCUT2D eigenvalue weighted by molar-refractivity contribution is -0.123. The van der Waals surface area contributed by atoms with Gasteiger partial charge >= 0.3 is 5.97 Å². The number of hydrogen-bond donors (Lipinski definition) is 1. The van der Waals surface area contributed by atoms with E-state index in [1.54, 1.807) is 16.9 Å². The van der Waals surface area contributed by atoms with Gasteiger partial charge in [-0.15, -0.1) is 0 Å². The Bertz CT molecular complexity index is 1100. The second kappa shape index (κ2) is 9.17. The molecule has 0 spiro atoms. The summed E-state index contributed by atoms with van der Waals surface area (Å²) in [5.41, 5.74) is 0.625. The smallest absolute Gasteiger partial charge is 0.338 e. The number of fused-ring (bicyclic) bond motifs is 1. The molecule has 9 heteroatoms. The van der Waals surface area contributed by atoms with Crippen LogP contribution in [-0.2, 0) is 9.53 Å². The first-order valence-corrected chi connectivity index (χ1v) is 11.3. The van der Waals surface area contributed by atoms with Crippen LogP contribution in [-0.4, -0.2) is 50.5 Å². The molecule has 0 bridgehead atoms. The lowest BCUT2D eigenvalue weighted by atomic mass is 9.94. The second-order valence-corrected chi connectivity index (χ2v) is 8.82. The minimum atomic E-state index is -1.07. The van der Waals surface area contributed by atoms with Crippen LogP contribution in [0.15, 0.2) is 30.5 Å². The molecule has 3 amide bonds. The molecule has 2 aliphatic rings. The van der Waals surface area contributed by atoms with Gasteiger partial charge in [-0.2, -0.15) is 5.10 Å². The lowest BCUT2D eigenvalue weighted by Gasteiger charge is -2.29. The molecular formula is C24H28N4O5. The van der Waals surface area contributed by atoms with Crippen LogP contribution in [0.3, 0.4) is 0 Å². The average Bonchev–Trinajstić information content (AvgIpc) is 3.36. The Morgan fingerprint density at radius 1 is 1.03 bits per heavy atom. The van der Waals surface area contributed by atoms with Crippen molar-refractivity contribution in [2.75, 3.05) is 5.32 Å². The SMILES string of the molecule is CC(OC(=O)c1ccc2c(c1)C(=O)N(C1CCCCC1)C2=O)C(=O)Nc1ccnn1C(C)C. The highest BCUT2D eigenvalue weighted by atomic mass is 16.5. The third kappa shape index (κ3) is 4.40. The number of carbonyl (C=O) groups excluding carboxylic acids is 4. The van der Waals surface area contributed by atoms with Gasteiger partial charge in [0.1, 0.15) is 5.82 Å². The maximum absolute atomic E-state index is 13.0. The van der Waals surface area contributed by atoms with Crippen LogP contribution in [0.2, 0.25) is 0 Å². The number of nitrogens with one attached hydrogen (secondary N) is 1. The van der Waals surface area contributed by atoms with Crippen molar-refractivity contribution >= 4 is 29.5 Å². The van der Waals surface area contributed by atoms with Crippen molar-refractivity contribution in [2.24, 2.45) is 0 Å². The Balaban J connectivity index is 1.44. The molecular weight excluding hydrogens is 424 g/mol. The van der Waals surface area contributed by atoms with Crippen LogP contribution < -0.4 is 5.32 Å². The zero-order valence-corrected chi connectivity index (χ0v) is 19.0. The molecule has 1 atom stereocenters. The number of carbonyl (C=O) groups is 4. The van der Waals surface area contributed by atoms with E-state index in [9.17, 15) is 19.2 Å². The third-order valence-corrected chi connectivity index (χ3v) is 6.16. The standard InChI is InChI=1S/C24H28N4O5/c1-14(2)28-20(11-12-25-28)26-21(29)15(3)33-24(32)16-9-10-18-19(13-16)23(31)27(22(18)30)17-7-5-4-6-8-17/h9-15,17H,4-8H2,1-3H3,(H,26,29). The molecule has 0 saturated heterocycles. The van der Waals surface area contributed by atoms with Gasteiger partial charge in [-0.1, -0.05) is 19.3 Å². The molecule has 4 rings (SSSR count). The molecule has 2 heterocycles. The zero-order chi connectivity index (χ0) is 23.7. The van der Waals surface area contributed by atoms with Gasteiger partial charge in [0.15, 0.2) is 6.10 Å². The van der Waals surface area contributed by atoms with Gasteiger partial charge < -0.3 is 10.1 Å². The van der Waals surface area contributed by atoms with E-state index in [0.29, 0.717) is 11.4 Å². The second-order valence-electron chi connectivity index (χ2n) is 8.82. The van der Waals surface area contributed by atoms with E-state index < -0.39 is 18.0 Å². The number of aromatic nitrogens is 2. The first kappa shape index (κ1) is 22.7. The normalized spacial score (nSPS) is 17.3. The molecule has 1 aliphatic heterocycles. The van der Waals surface area contributed by atoms with Gasteiger partial charge in [0.05, 0.1) is 22.9 Å². The predicted octanol–water partition coefficient (Wildman–Crippen LogP) is 3.58. The summed E-state index contributed by atoms with van der Waals surface area (Å²) in [7, 11) is 0. The van der Waals surface area contributed by atoms with Crippen LogP contribution >= 0.6 is 0 Å². The van der Waals surface area contributed by atoms with Gasteiger partial charge in [-0.05, 0) is 51.8 Å². The maximum atomic E-state index is 13.0. The molecule has 1 aromatic heterocycles. The van der Waals surface area contributed by atoms with Crippen molar-refractivity contribution in [3.63, 3.8) is 0 Å². The van der Waals surface area contributed by atoms with E-state index in [1.165, 1.54) is 30.0 Å². The number of esters is 1. The topological polar surface area (TPSA) is 111 Å². The molecule has 33 heavy (non-hydrogen) atoms. The molecule has 1 fully saturated rings. The average molecular weight is 453 g/mol. The number of ether oxygens (including phenoxy) is 1. The molecule has 174 valence electrons. The van der Waals surface area contributed by atoms with E-state index in [-0.39, 0.29) is 35.0 Å². The number of imide groups is 1. The number of benzene rings is 1. The molecule has 0 radical (unpaired) electrons. The van der Waals surface area contributed by atoms with Crippen molar-refractivity contribution in [3.8, 4) is 0 Å². The summed E-state index contributed by atoms with van der Waals surface area (Å²) in [6.45, 7) is 5.33. The fourth-order valence-electron chi connectivity index (χ4n) is 4.39. The highest BCUT2D eigenvalue weighted by Crippen LogP contribution is 2.31. The summed E-state index contributed by atoms with van der Waals surface area (Å²) in [5, 5.41) is 6.86. The Morgan fingerprint density at radius 2 is 1.73 bits per heavy atom. The Labute approximate surface area is 192 Å². The summed E-state index contributed by atoms with van der Waals surface area (Å²) in [5.74, 6) is -1.42. The minimum absolute atomic E-state index is 0.0491. The summed E-state index contributed by atoms with van der Waals surface area (Å²) in [6.07, 6.45) is 5.22. The molecule has 1 N–H and O–H groups in total. The monoisotopic (exact) mass is 452 g/mol. The molecule has 1 saturated carbocycles.